The van der Waals surface area contributed by atoms with Gasteiger partial charge in [0, 0.05) is 51.7 Å². The van der Waals surface area contributed by atoms with E-state index in [0.29, 0.717) is 18.3 Å². The predicted octanol–water partition coefficient (Wildman–Crippen LogP) is 1.48. The van der Waals surface area contributed by atoms with Crippen LogP contribution < -0.4 is 4.90 Å². The molecule has 1 fully saturated rings. The van der Waals surface area contributed by atoms with Crippen LogP contribution in [0, 0.1) is 0 Å². The third-order valence-electron chi connectivity index (χ3n) is 3.92. The van der Waals surface area contributed by atoms with Crippen LogP contribution >= 0.6 is 11.5 Å². The van der Waals surface area contributed by atoms with E-state index in [9.17, 15) is 4.79 Å². The van der Waals surface area contributed by atoms with E-state index in [1.165, 1.54) is 11.5 Å². The van der Waals surface area contributed by atoms with Gasteiger partial charge in [0.25, 0.3) is 0 Å². The number of methoxy groups -OCH3 is 1. The molecule has 0 aromatic carbocycles. The zero-order valence-corrected chi connectivity index (χ0v) is 13.5. The molecular formula is C13H22N4O2S. The number of piperidine rings is 1. The second-order valence-electron chi connectivity index (χ2n) is 5.69. The van der Waals surface area contributed by atoms with Gasteiger partial charge in [-0.05, 0) is 20.3 Å². The number of carbonyl (C=O) groups excluding carboxylic acids is 1. The summed E-state index contributed by atoms with van der Waals surface area (Å²) in [5.74, 6) is 0.917. The van der Waals surface area contributed by atoms with Crippen molar-refractivity contribution in [2.75, 3.05) is 32.6 Å². The number of likely N-dealkylation sites (N-methyl/N-ethyl adjacent to an activating group) is 2. The van der Waals surface area contributed by atoms with Crippen LogP contribution in [0.5, 0.6) is 0 Å². The summed E-state index contributed by atoms with van der Waals surface area (Å²) in [6.45, 7) is 4.63. The summed E-state index contributed by atoms with van der Waals surface area (Å²) in [7, 11) is 5.52. The number of hydrogen-bond acceptors (Lipinski definition) is 6. The highest BCUT2D eigenvalue weighted by Gasteiger charge is 2.30. The highest BCUT2D eigenvalue weighted by Crippen LogP contribution is 2.28. The second kappa shape index (κ2) is 5.65. The van der Waals surface area contributed by atoms with Crippen LogP contribution in [0.4, 0.5) is 5.13 Å². The SMILES string of the molecule is COC(C)(C)c1nsc(N(C)C2CCC(=O)N(C)C2)n1. The van der Waals surface area contributed by atoms with Crippen LogP contribution in [0.3, 0.4) is 0 Å². The predicted molar refractivity (Wildman–Crippen MR) is 79.0 cm³/mol. The summed E-state index contributed by atoms with van der Waals surface area (Å²) in [5, 5.41) is 0.873. The molecule has 0 radical (unpaired) electrons. The largest absolute Gasteiger partial charge is 0.371 e. The topological polar surface area (TPSA) is 58.6 Å². The maximum atomic E-state index is 11.5. The average Bonchev–Trinajstić information content (AvgIpc) is 2.91. The van der Waals surface area contributed by atoms with Gasteiger partial charge in [0.2, 0.25) is 11.0 Å². The highest BCUT2D eigenvalue weighted by atomic mass is 32.1. The number of likely N-dealkylation sites (tertiary alicyclic amines) is 1. The molecule has 1 unspecified atom stereocenters. The zero-order valence-electron chi connectivity index (χ0n) is 12.7. The fourth-order valence-electron chi connectivity index (χ4n) is 2.16. The first-order chi connectivity index (χ1) is 9.35. The summed E-state index contributed by atoms with van der Waals surface area (Å²) in [6.07, 6.45) is 1.46. The molecule has 20 heavy (non-hydrogen) atoms. The molecule has 0 aliphatic carbocycles. The van der Waals surface area contributed by atoms with Gasteiger partial charge in [-0.2, -0.15) is 4.37 Å². The van der Waals surface area contributed by atoms with Crippen LogP contribution in [0.2, 0.25) is 0 Å². The van der Waals surface area contributed by atoms with Gasteiger partial charge >= 0.3 is 0 Å². The van der Waals surface area contributed by atoms with Crippen molar-refractivity contribution in [1.29, 1.82) is 0 Å². The van der Waals surface area contributed by atoms with E-state index < -0.39 is 5.60 Å². The lowest BCUT2D eigenvalue weighted by Gasteiger charge is -2.35. The van der Waals surface area contributed by atoms with Crippen molar-refractivity contribution in [2.45, 2.75) is 38.3 Å². The molecule has 1 atom stereocenters. The van der Waals surface area contributed by atoms with Gasteiger partial charge in [-0.15, -0.1) is 0 Å². The maximum Gasteiger partial charge on any atom is 0.222 e. The third-order valence-corrected chi connectivity index (χ3v) is 4.72. The Morgan fingerprint density at radius 2 is 2.20 bits per heavy atom. The van der Waals surface area contributed by atoms with Crippen molar-refractivity contribution in [3.05, 3.63) is 5.82 Å². The Bertz CT molecular complexity index is 488. The van der Waals surface area contributed by atoms with E-state index in [2.05, 4.69) is 14.3 Å². The molecular weight excluding hydrogens is 276 g/mol. The summed E-state index contributed by atoms with van der Waals surface area (Å²) >= 11 is 1.38. The Kier molecular flexibility index (Phi) is 4.29. The van der Waals surface area contributed by atoms with Crippen LogP contribution in [0.1, 0.15) is 32.5 Å². The van der Waals surface area contributed by atoms with E-state index >= 15 is 0 Å². The van der Waals surface area contributed by atoms with Gasteiger partial charge in [0.15, 0.2) is 5.82 Å². The average molecular weight is 298 g/mol. The lowest BCUT2D eigenvalue weighted by molar-refractivity contribution is -0.132. The van der Waals surface area contributed by atoms with Crippen LogP contribution in [-0.2, 0) is 15.1 Å². The van der Waals surface area contributed by atoms with Gasteiger partial charge in [-0.25, -0.2) is 4.98 Å². The molecule has 1 aromatic heterocycles. The fraction of sp³-hybridized carbons (Fsp3) is 0.769. The molecule has 1 amide bonds. The number of amides is 1. The number of rotatable bonds is 4. The van der Waals surface area contributed by atoms with Gasteiger partial charge in [0.05, 0.1) is 0 Å². The van der Waals surface area contributed by atoms with E-state index in [-0.39, 0.29) is 5.91 Å². The first kappa shape index (κ1) is 15.2. The maximum absolute atomic E-state index is 11.5. The summed E-state index contributed by atoms with van der Waals surface area (Å²) in [5.41, 5.74) is -0.477. The highest BCUT2D eigenvalue weighted by molar-refractivity contribution is 7.09. The molecule has 2 rings (SSSR count). The number of anilines is 1. The van der Waals surface area contributed by atoms with E-state index in [4.69, 9.17) is 4.74 Å². The molecule has 112 valence electrons. The first-order valence-electron chi connectivity index (χ1n) is 6.71. The number of aromatic nitrogens is 2. The fourth-order valence-corrected chi connectivity index (χ4v) is 2.99. The van der Waals surface area contributed by atoms with Crippen LogP contribution in [0.25, 0.3) is 0 Å². The quantitative estimate of drug-likeness (QED) is 0.842. The molecule has 1 aliphatic heterocycles. The molecule has 7 heteroatoms. The van der Waals surface area contributed by atoms with Crippen molar-refractivity contribution < 1.29 is 9.53 Å². The van der Waals surface area contributed by atoms with Crippen molar-refractivity contribution in [1.82, 2.24) is 14.3 Å². The van der Waals surface area contributed by atoms with Crippen molar-refractivity contribution >= 4 is 22.6 Å². The third kappa shape index (κ3) is 2.93. The van der Waals surface area contributed by atoms with Crippen molar-refractivity contribution in [3.8, 4) is 0 Å². The minimum Gasteiger partial charge on any atom is -0.371 e. The summed E-state index contributed by atoms with van der Waals surface area (Å²) in [4.78, 5) is 20.0. The lowest BCUT2D eigenvalue weighted by Crippen LogP contribution is -2.47. The Balaban J connectivity index is 2.10. The number of hydrogen-bond donors (Lipinski definition) is 0. The van der Waals surface area contributed by atoms with E-state index in [0.717, 1.165) is 18.1 Å². The Morgan fingerprint density at radius 1 is 1.50 bits per heavy atom. The zero-order chi connectivity index (χ0) is 14.9. The first-order valence-corrected chi connectivity index (χ1v) is 7.48. The van der Waals surface area contributed by atoms with E-state index in [1.807, 2.05) is 27.9 Å². The minimum atomic E-state index is -0.477. The van der Waals surface area contributed by atoms with E-state index in [1.54, 1.807) is 12.0 Å². The lowest BCUT2D eigenvalue weighted by atomic mass is 10.1. The normalized spacial score (nSPS) is 20.4. The minimum absolute atomic E-state index is 0.216. The Labute approximate surface area is 123 Å². The molecule has 1 saturated heterocycles. The number of ether oxygens (including phenoxy) is 1. The molecule has 0 saturated carbocycles. The van der Waals surface area contributed by atoms with Crippen molar-refractivity contribution in [3.63, 3.8) is 0 Å². The Hall–Kier alpha value is -1.21. The standard InChI is InChI=1S/C13H22N4O2S/c1-13(2,19-5)11-14-12(20-15-11)17(4)9-6-7-10(18)16(3)8-9/h9H,6-8H2,1-5H3. The van der Waals surface area contributed by atoms with Gasteiger partial charge in [0.1, 0.15) is 5.60 Å². The summed E-state index contributed by atoms with van der Waals surface area (Å²) in [6, 6.07) is 0.296. The van der Waals surface area contributed by atoms with Gasteiger partial charge in [-0.1, -0.05) is 0 Å². The molecule has 0 spiro atoms. The molecule has 0 bridgehead atoms. The monoisotopic (exact) mass is 298 g/mol. The summed E-state index contributed by atoms with van der Waals surface area (Å²) < 4.78 is 9.80. The van der Waals surface area contributed by atoms with Gasteiger partial charge < -0.3 is 14.5 Å². The molecule has 6 nitrogen and oxygen atoms in total. The van der Waals surface area contributed by atoms with Gasteiger partial charge in [-0.3, -0.25) is 4.79 Å². The molecule has 1 aliphatic rings. The van der Waals surface area contributed by atoms with Crippen LogP contribution in [0.15, 0.2) is 0 Å². The van der Waals surface area contributed by atoms with Crippen LogP contribution in [-0.4, -0.2) is 54.0 Å². The number of nitrogens with zero attached hydrogens (tertiary/aromatic N) is 4. The molecule has 0 N–H and O–H groups in total. The second-order valence-corrected chi connectivity index (χ2v) is 6.42. The number of carbonyl (C=O) groups is 1. The molecule has 1 aromatic rings. The Morgan fingerprint density at radius 3 is 2.80 bits per heavy atom. The van der Waals surface area contributed by atoms with Crippen molar-refractivity contribution in [2.24, 2.45) is 0 Å². The smallest absolute Gasteiger partial charge is 0.222 e. The molecule has 2 heterocycles.